The Morgan fingerprint density at radius 3 is 2.42 bits per heavy atom. The molecule has 3 heteroatoms. The van der Waals surface area contributed by atoms with E-state index < -0.39 is 0 Å². The Labute approximate surface area is 74.3 Å². The quantitative estimate of drug-likeness (QED) is 0.543. The third-order valence-electron chi connectivity index (χ3n) is 1.52. The molecule has 0 rings (SSSR count). The second-order valence-electron chi connectivity index (χ2n) is 2.44. The summed E-state index contributed by atoms with van der Waals surface area (Å²) >= 11 is 0. The monoisotopic (exact) mass is 174 g/mol. The number of hydrogen-bond donors (Lipinski definition) is 0. The van der Waals surface area contributed by atoms with Crippen molar-refractivity contribution >= 4 is 0 Å². The summed E-state index contributed by atoms with van der Waals surface area (Å²) in [6, 6.07) is 0. The summed E-state index contributed by atoms with van der Waals surface area (Å²) < 4.78 is 15.0. The molecule has 1 atom stereocenters. The predicted octanol–water partition coefficient (Wildman–Crippen LogP) is 1.24. The van der Waals surface area contributed by atoms with Gasteiger partial charge in [0.2, 0.25) is 0 Å². The molecule has 0 radical (unpaired) electrons. The molecular weight excluding hydrogens is 156 g/mol. The highest BCUT2D eigenvalue weighted by Crippen LogP contribution is 1.98. The lowest BCUT2D eigenvalue weighted by Crippen LogP contribution is -2.10. The first kappa shape index (κ1) is 11.6. The first-order valence-corrected chi connectivity index (χ1v) is 4.02. The summed E-state index contributed by atoms with van der Waals surface area (Å²) in [6.45, 7) is 1.35. The smallest absolute Gasteiger partial charge is 0.0774 e. The Kier molecular flexibility index (Phi) is 8.44. The van der Waals surface area contributed by atoms with Crippen LogP contribution in [0.5, 0.6) is 0 Å². The maximum atomic E-state index is 5.18. The molecule has 0 spiro atoms. The molecule has 0 aromatic heterocycles. The molecule has 3 nitrogen and oxygen atoms in total. The Morgan fingerprint density at radius 1 is 1.17 bits per heavy atom. The number of rotatable bonds is 7. The maximum Gasteiger partial charge on any atom is 0.0774 e. The lowest BCUT2D eigenvalue weighted by Gasteiger charge is -2.09. The van der Waals surface area contributed by atoms with Gasteiger partial charge in [0.1, 0.15) is 0 Å². The zero-order valence-electron chi connectivity index (χ0n) is 8.08. The van der Waals surface area contributed by atoms with Crippen molar-refractivity contribution < 1.29 is 14.2 Å². The van der Waals surface area contributed by atoms with E-state index in [0.29, 0.717) is 6.61 Å². The Balaban J connectivity index is 3.51. The van der Waals surface area contributed by atoms with Crippen LogP contribution in [0.1, 0.15) is 6.42 Å². The topological polar surface area (TPSA) is 27.7 Å². The van der Waals surface area contributed by atoms with Gasteiger partial charge in [-0.2, -0.15) is 0 Å². The molecule has 0 N–H and O–H groups in total. The van der Waals surface area contributed by atoms with Gasteiger partial charge in [-0.15, -0.1) is 0 Å². The number of methoxy groups -OCH3 is 3. The molecule has 12 heavy (non-hydrogen) atoms. The molecular formula is C9H18O3. The fourth-order valence-corrected chi connectivity index (χ4v) is 0.830. The molecule has 0 aromatic rings. The minimum absolute atomic E-state index is 0.139. The average Bonchev–Trinajstić information content (AvgIpc) is 2.11. The lowest BCUT2D eigenvalue weighted by atomic mass is 10.2. The van der Waals surface area contributed by atoms with Crippen LogP contribution in [0.15, 0.2) is 12.2 Å². The average molecular weight is 174 g/mol. The van der Waals surface area contributed by atoms with E-state index in [-0.39, 0.29) is 6.10 Å². The van der Waals surface area contributed by atoms with Gasteiger partial charge in [0.25, 0.3) is 0 Å². The van der Waals surface area contributed by atoms with Gasteiger partial charge in [-0.1, -0.05) is 12.2 Å². The summed E-state index contributed by atoms with van der Waals surface area (Å²) in [4.78, 5) is 0. The number of ether oxygens (including phenoxy) is 3. The van der Waals surface area contributed by atoms with E-state index in [4.69, 9.17) is 14.2 Å². The van der Waals surface area contributed by atoms with Crippen LogP contribution < -0.4 is 0 Å². The van der Waals surface area contributed by atoms with E-state index in [2.05, 4.69) is 0 Å². The normalized spacial score (nSPS) is 13.9. The van der Waals surface area contributed by atoms with Crippen molar-refractivity contribution in [2.45, 2.75) is 12.5 Å². The summed E-state index contributed by atoms with van der Waals surface area (Å²) in [5.41, 5.74) is 0. The largest absolute Gasteiger partial charge is 0.385 e. The molecule has 0 bridgehead atoms. The van der Waals surface area contributed by atoms with Crippen LogP contribution in [-0.4, -0.2) is 40.6 Å². The molecule has 0 aromatic carbocycles. The maximum absolute atomic E-state index is 5.18. The van der Waals surface area contributed by atoms with Crippen LogP contribution in [0.25, 0.3) is 0 Å². The van der Waals surface area contributed by atoms with Crippen molar-refractivity contribution in [2.75, 3.05) is 34.5 Å². The van der Waals surface area contributed by atoms with Crippen LogP contribution in [0.4, 0.5) is 0 Å². The molecule has 0 aliphatic heterocycles. The molecule has 0 aliphatic rings. The van der Waals surface area contributed by atoms with Crippen LogP contribution in [-0.2, 0) is 14.2 Å². The van der Waals surface area contributed by atoms with Crippen LogP contribution >= 0.6 is 0 Å². The van der Waals surface area contributed by atoms with E-state index in [9.17, 15) is 0 Å². The van der Waals surface area contributed by atoms with Gasteiger partial charge in [-0.3, -0.25) is 0 Å². The molecule has 0 aliphatic carbocycles. The Bertz CT molecular complexity index is 112. The van der Waals surface area contributed by atoms with Crippen LogP contribution in [0.3, 0.4) is 0 Å². The van der Waals surface area contributed by atoms with Crippen molar-refractivity contribution in [3.8, 4) is 0 Å². The second kappa shape index (κ2) is 8.71. The summed E-state index contributed by atoms with van der Waals surface area (Å²) in [5.74, 6) is 0. The molecule has 0 heterocycles. The highest BCUT2D eigenvalue weighted by molar-refractivity contribution is 4.89. The lowest BCUT2D eigenvalue weighted by molar-refractivity contribution is 0.0957. The minimum Gasteiger partial charge on any atom is -0.385 e. The number of hydrogen-bond acceptors (Lipinski definition) is 3. The predicted molar refractivity (Wildman–Crippen MR) is 48.3 cm³/mol. The highest BCUT2D eigenvalue weighted by Gasteiger charge is 2.00. The van der Waals surface area contributed by atoms with E-state index in [1.54, 1.807) is 21.3 Å². The van der Waals surface area contributed by atoms with Gasteiger partial charge in [0.15, 0.2) is 0 Å². The molecule has 1 unspecified atom stereocenters. The van der Waals surface area contributed by atoms with Crippen molar-refractivity contribution in [1.29, 1.82) is 0 Å². The highest BCUT2D eigenvalue weighted by atomic mass is 16.5. The summed E-state index contributed by atoms with van der Waals surface area (Å²) in [6.07, 6.45) is 4.96. The minimum atomic E-state index is 0.139. The Morgan fingerprint density at radius 2 is 1.92 bits per heavy atom. The zero-order chi connectivity index (χ0) is 9.23. The fraction of sp³-hybridized carbons (Fsp3) is 0.778. The van der Waals surface area contributed by atoms with Gasteiger partial charge < -0.3 is 14.2 Å². The third-order valence-corrected chi connectivity index (χ3v) is 1.52. The molecule has 72 valence electrons. The van der Waals surface area contributed by atoms with Crippen molar-refractivity contribution in [1.82, 2.24) is 0 Å². The van der Waals surface area contributed by atoms with Gasteiger partial charge in [-0.05, 0) is 0 Å². The van der Waals surface area contributed by atoms with Gasteiger partial charge in [-0.25, -0.2) is 0 Å². The molecule has 0 amide bonds. The van der Waals surface area contributed by atoms with E-state index in [0.717, 1.165) is 13.0 Å². The van der Waals surface area contributed by atoms with Crippen LogP contribution in [0.2, 0.25) is 0 Å². The molecule has 0 saturated heterocycles. The summed E-state index contributed by atoms with van der Waals surface area (Å²) in [5, 5.41) is 0. The fourth-order valence-electron chi connectivity index (χ4n) is 0.830. The third kappa shape index (κ3) is 6.34. The van der Waals surface area contributed by atoms with E-state index in [1.165, 1.54) is 0 Å². The van der Waals surface area contributed by atoms with Crippen molar-refractivity contribution in [3.63, 3.8) is 0 Å². The first-order valence-electron chi connectivity index (χ1n) is 4.02. The standard InChI is InChI=1S/C9H18O3/c1-10-7-4-5-9(12-3)6-8-11-2/h4-5,9H,6-8H2,1-3H3/b5-4+. The van der Waals surface area contributed by atoms with Crippen LogP contribution in [0, 0.1) is 0 Å². The molecule has 0 saturated carbocycles. The molecule has 0 fully saturated rings. The zero-order valence-corrected chi connectivity index (χ0v) is 8.08. The van der Waals surface area contributed by atoms with Gasteiger partial charge >= 0.3 is 0 Å². The van der Waals surface area contributed by atoms with Gasteiger partial charge in [0.05, 0.1) is 12.7 Å². The van der Waals surface area contributed by atoms with Gasteiger partial charge in [0, 0.05) is 34.4 Å². The summed E-state index contributed by atoms with van der Waals surface area (Å²) in [7, 11) is 5.05. The SMILES string of the molecule is COC/C=C/C(CCOC)OC. The van der Waals surface area contributed by atoms with E-state index in [1.807, 2.05) is 12.2 Å². The van der Waals surface area contributed by atoms with Crippen molar-refractivity contribution in [2.24, 2.45) is 0 Å². The Hall–Kier alpha value is -0.380. The van der Waals surface area contributed by atoms with E-state index >= 15 is 0 Å². The van der Waals surface area contributed by atoms with Crippen molar-refractivity contribution in [3.05, 3.63) is 12.2 Å². The first-order chi connectivity index (χ1) is 5.85. The second-order valence-corrected chi connectivity index (χ2v) is 2.44.